The molecule has 0 radical (unpaired) electrons. The molecule has 0 heterocycles. The van der Waals surface area contributed by atoms with Crippen molar-refractivity contribution in [2.75, 3.05) is 6.61 Å². The summed E-state index contributed by atoms with van der Waals surface area (Å²) < 4.78 is 5.62. The molecule has 0 aliphatic heterocycles. The summed E-state index contributed by atoms with van der Waals surface area (Å²) in [7, 11) is 0. The minimum atomic E-state index is -1.12. The van der Waals surface area contributed by atoms with Crippen LogP contribution in [0.5, 0.6) is 0 Å². The maximum absolute atomic E-state index is 13.0. The van der Waals surface area contributed by atoms with Crippen LogP contribution >= 0.6 is 0 Å². The molecule has 2 aliphatic rings. The number of carboxylic acids is 1. The summed E-state index contributed by atoms with van der Waals surface area (Å²) >= 11 is 0. The van der Waals surface area contributed by atoms with Crippen LogP contribution in [0.25, 0.3) is 11.1 Å². The monoisotopic (exact) mass is 464 g/mol. The Morgan fingerprint density at radius 2 is 1.65 bits per heavy atom. The first-order valence-corrected chi connectivity index (χ1v) is 12.0. The Balaban J connectivity index is 1.35. The van der Waals surface area contributed by atoms with E-state index < -0.39 is 17.6 Å². The van der Waals surface area contributed by atoms with E-state index in [0.29, 0.717) is 12.8 Å². The molecule has 0 spiro atoms. The second-order valence-corrected chi connectivity index (χ2v) is 9.58. The van der Waals surface area contributed by atoms with Crippen LogP contribution in [-0.4, -0.2) is 41.3 Å². The van der Waals surface area contributed by atoms with Crippen molar-refractivity contribution in [3.05, 3.63) is 59.7 Å². The number of amides is 2. The summed E-state index contributed by atoms with van der Waals surface area (Å²) in [5.41, 5.74) is 3.45. The summed E-state index contributed by atoms with van der Waals surface area (Å²) in [5, 5.41) is 14.8. The molecule has 2 aromatic carbocycles. The Morgan fingerprint density at radius 1 is 1.03 bits per heavy atom. The average Bonchev–Trinajstić information content (AvgIpc) is 3.38. The molecule has 3 unspecified atom stereocenters. The average molecular weight is 465 g/mol. The highest BCUT2D eigenvalue weighted by Crippen LogP contribution is 2.44. The predicted molar refractivity (Wildman–Crippen MR) is 128 cm³/mol. The predicted octanol–water partition coefficient (Wildman–Crippen LogP) is 4.45. The van der Waals surface area contributed by atoms with Gasteiger partial charge in [0.15, 0.2) is 0 Å². The number of ether oxygens (including phenoxy) is 1. The van der Waals surface area contributed by atoms with Crippen LogP contribution in [0.4, 0.5) is 4.79 Å². The van der Waals surface area contributed by atoms with Gasteiger partial charge in [-0.1, -0.05) is 55.5 Å². The van der Waals surface area contributed by atoms with Crippen molar-refractivity contribution in [2.24, 2.45) is 5.92 Å². The SMILES string of the molecule is CCC(C)(NC(=O)OCC1c2ccccc2-c2ccccc21)C(=O)NC1CCC(CC(=O)O)C1. The molecule has 4 rings (SSSR count). The molecule has 180 valence electrons. The molecule has 2 aliphatic carbocycles. The van der Waals surface area contributed by atoms with Crippen molar-refractivity contribution < 1.29 is 24.2 Å². The Kier molecular flexibility index (Phi) is 6.91. The lowest BCUT2D eigenvalue weighted by atomic mass is 9.97. The zero-order valence-electron chi connectivity index (χ0n) is 19.7. The fourth-order valence-electron chi connectivity index (χ4n) is 5.15. The van der Waals surface area contributed by atoms with Gasteiger partial charge in [0.1, 0.15) is 12.1 Å². The number of nitrogens with one attached hydrogen (secondary N) is 2. The van der Waals surface area contributed by atoms with E-state index in [0.717, 1.165) is 35.1 Å². The minimum Gasteiger partial charge on any atom is -0.481 e. The van der Waals surface area contributed by atoms with Crippen LogP contribution in [-0.2, 0) is 14.3 Å². The molecule has 7 heteroatoms. The van der Waals surface area contributed by atoms with Crippen molar-refractivity contribution in [3.8, 4) is 11.1 Å². The number of carboxylic acid groups (broad SMARTS) is 1. The molecule has 2 amide bonds. The lowest BCUT2D eigenvalue weighted by Gasteiger charge is -2.29. The molecule has 1 saturated carbocycles. The molecule has 1 fully saturated rings. The number of benzene rings is 2. The maximum atomic E-state index is 13.0. The van der Waals surface area contributed by atoms with Gasteiger partial charge in [-0.15, -0.1) is 0 Å². The highest BCUT2D eigenvalue weighted by molar-refractivity contribution is 5.89. The second kappa shape index (κ2) is 9.87. The van der Waals surface area contributed by atoms with Crippen LogP contribution in [0, 0.1) is 5.92 Å². The Bertz CT molecular complexity index is 1040. The van der Waals surface area contributed by atoms with Gasteiger partial charge < -0.3 is 20.5 Å². The number of rotatable bonds is 8. The van der Waals surface area contributed by atoms with Crippen LogP contribution in [0.2, 0.25) is 0 Å². The molecule has 34 heavy (non-hydrogen) atoms. The second-order valence-electron chi connectivity index (χ2n) is 9.58. The van der Waals surface area contributed by atoms with E-state index in [9.17, 15) is 14.4 Å². The van der Waals surface area contributed by atoms with Gasteiger partial charge in [0.25, 0.3) is 0 Å². The topological polar surface area (TPSA) is 105 Å². The molecular weight excluding hydrogens is 432 g/mol. The molecule has 0 saturated heterocycles. The van der Waals surface area contributed by atoms with Crippen molar-refractivity contribution in [2.45, 2.75) is 63.5 Å². The largest absolute Gasteiger partial charge is 0.481 e. The van der Waals surface area contributed by atoms with Crippen LogP contribution in [0.3, 0.4) is 0 Å². The quantitative estimate of drug-likeness (QED) is 0.535. The fraction of sp³-hybridized carbons (Fsp3) is 0.444. The normalized spacial score (nSPS) is 20.6. The lowest BCUT2D eigenvalue weighted by Crippen LogP contribution is -2.58. The third kappa shape index (κ3) is 4.93. The molecule has 3 N–H and O–H groups in total. The Hall–Kier alpha value is -3.35. The van der Waals surface area contributed by atoms with Crippen molar-refractivity contribution in [1.82, 2.24) is 10.6 Å². The minimum absolute atomic E-state index is 0.0514. The van der Waals surface area contributed by atoms with Gasteiger partial charge in [-0.2, -0.15) is 0 Å². The van der Waals surface area contributed by atoms with Gasteiger partial charge >= 0.3 is 12.1 Å². The third-order valence-corrected chi connectivity index (χ3v) is 7.27. The summed E-state index contributed by atoms with van der Waals surface area (Å²) in [6.45, 7) is 3.71. The van der Waals surface area contributed by atoms with E-state index in [1.165, 1.54) is 0 Å². The van der Waals surface area contributed by atoms with Crippen molar-refractivity contribution in [1.29, 1.82) is 0 Å². The molecule has 3 atom stereocenters. The van der Waals surface area contributed by atoms with E-state index in [2.05, 4.69) is 34.9 Å². The zero-order valence-corrected chi connectivity index (χ0v) is 19.7. The van der Waals surface area contributed by atoms with E-state index in [1.54, 1.807) is 6.92 Å². The maximum Gasteiger partial charge on any atom is 0.408 e. The number of carbonyl (C=O) groups is 3. The van der Waals surface area contributed by atoms with Crippen molar-refractivity contribution in [3.63, 3.8) is 0 Å². The Labute approximate surface area is 199 Å². The Morgan fingerprint density at radius 3 is 2.24 bits per heavy atom. The summed E-state index contributed by atoms with van der Waals surface area (Å²) in [6.07, 6.45) is 2.05. The number of carbonyl (C=O) groups excluding carboxylic acids is 2. The van der Waals surface area contributed by atoms with Crippen molar-refractivity contribution >= 4 is 18.0 Å². The summed E-state index contributed by atoms with van der Waals surface area (Å²) in [5.74, 6) is -1.06. The van der Waals surface area contributed by atoms with Gasteiger partial charge in [0, 0.05) is 18.4 Å². The van der Waals surface area contributed by atoms with Crippen LogP contribution < -0.4 is 10.6 Å². The van der Waals surface area contributed by atoms with E-state index in [-0.39, 0.29) is 36.8 Å². The zero-order chi connectivity index (χ0) is 24.3. The molecule has 7 nitrogen and oxygen atoms in total. The first-order chi connectivity index (χ1) is 16.3. The van der Waals surface area contributed by atoms with Crippen LogP contribution in [0.1, 0.15) is 63.0 Å². The lowest BCUT2D eigenvalue weighted by molar-refractivity contribution is -0.138. The van der Waals surface area contributed by atoms with Gasteiger partial charge in [-0.3, -0.25) is 9.59 Å². The van der Waals surface area contributed by atoms with Gasteiger partial charge in [0.05, 0.1) is 0 Å². The highest BCUT2D eigenvalue weighted by atomic mass is 16.5. The third-order valence-electron chi connectivity index (χ3n) is 7.27. The fourth-order valence-corrected chi connectivity index (χ4v) is 5.15. The van der Waals surface area contributed by atoms with Gasteiger partial charge in [-0.05, 0) is 60.8 Å². The van der Waals surface area contributed by atoms with E-state index in [1.807, 2.05) is 31.2 Å². The molecular formula is C27H32N2O5. The highest BCUT2D eigenvalue weighted by Gasteiger charge is 2.37. The number of aliphatic carboxylic acids is 1. The van der Waals surface area contributed by atoms with Gasteiger partial charge in [0.2, 0.25) is 5.91 Å². The molecule has 2 aromatic rings. The summed E-state index contributed by atoms with van der Waals surface area (Å²) in [6, 6.07) is 16.2. The number of alkyl carbamates (subject to hydrolysis) is 1. The van der Waals surface area contributed by atoms with E-state index in [4.69, 9.17) is 9.84 Å². The number of fused-ring (bicyclic) bond motifs is 3. The van der Waals surface area contributed by atoms with E-state index >= 15 is 0 Å². The standard InChI is InChI=1S/C27H32N2O5/c1-3-27(2,25(32)28-18-13-12-17(14-18)15-24(30)31)29-26(33)34-16-23-21-10-6-4-8-19(21)20-9-5-7-11-22(20)23/h4-11,17-18,23H,3,12-16H2,1-2H3,(H,28,32)(H,29,33)(H,30,31). The smallest absolute Gasteiger partial charge is 0.408 e. The molecule has 0 bridgehead atoms. The van der Waals surface area contributed by atoms with Crippen LogP contribution in [0.15, 0.2) is 48.5 Å². The summed E-state index contributed by atoms with van der Waals surface area (Å²) in [4.78, 5) is 36.7. The molecule has 0 aromatic heterocycles. The van der Waals surface area contributed by atoms with Gasteiger partial charge in [-0.25, -0.2) is 4.79 Å². The number of hydrogen-bond acceptors (Lipinski definition) is 4. The number of hydrogen-bond donors (Lipinski definition) is 3. The first-order valence-electron chi connectivity index (χ1n) is 12.0. The first kappa shape index (κ1) is 23.8.